The summed E-state index contributed by atoms with van der Waals surface area (Å²) in [5.74, 6) is 0.447. The zero-order valence-electron chi connectivity index (χ0n) is 8.72. The highest BCUT2D eigenvalue weighted by Gasteiger charge is 2.13. The van der Waals surface area contributed by atoms with Crippen LogP contribution in [0.2, 0.25) is 0 Å². The maximum Gasteiger partial charge on any atom is 0.387 e. The molecule has 0 saturated carbocycles. The molecule has 1 heterocycles. The van der Waals surface area contributed by atoms with Gasteiger partial charge in [-0.2, -0.15) is 8.78 Å². The highest BCUT2D eigenvalue weighted by atomic mass is 19.3. The van der Waals surface area contributed by atoms with E-state index in [4.69, 9.17) is 4.42 Å². The SMILES string of the molecule is OC(c1ccc(OC(F)F)cc1)c1ccco1. The smallest absolute Gasteiger partial charge is 0.387 e. The Labute approximate surface area is 96.3 Å². The highest BCUT2D eigenvalue weighted by molar-refractivity contribution is 5.31. The number of hydrogen-bond donors (Lipinski definition) is 1. The van der Waals surface area contributed by atoms with Gasteiger partial charge in [0.25, 0.3) is 0 Å². The molecule has 0 fully saturated rings. The lowest BCUT2D eigenvalue weighted by molar-refractivity contribution is -0.0498. The van der Waals surface area contributed by atoms with Gasteiger partial charge in [0.2, 0.25) is 0 Å². The second kappa shape index (κ2) is 4.97. The molecular weight excluding hydrogens is 230 g/mol. The van der Waals surface area contributed by atoms with E-state index in [2.05, 4.69) is 4.74 Å². The van der Waals surface area contributed by atoms with Crippen LogP contribution in [0.15, 0.2) is 47.1 Å². The summed E-state index contributed by atoms with van der Waals surface area (Å²) >= 11 is 0. The van der Waals surface area contributed by atoms with Crippen LogP contribution in [0.3, 0.4) is 0 Å². The van der Waals surface area contributed by atoms with Crippen LogP contribution in [0.1, 0.15) is 17.4 Å². The third-order valence-corrected chi connectivity index (χ3v) is 2.23. The minimum absolute atomic E-state index is 0.0513. The molecule has 1 N–H and O–H groups in total. The highest BCUT2D eigenvalue weighted by Crippen LogP contribution is 2.24. The first-order chi connectivity index (χ1) is 8.16. The third kappa shape index (κ3) is 2.82. The molecular formula is C12H10F2O3. The predicted molar refractivity (Wildman–Crippen MR) is 55.8 cm³/mol. The largest absolute Gasteiger partial charge is 0.466 e. The van der Waals surface area contributed by atoms with Gasteiger partial charge in [0.05, 0.1) is 6.26 Å². The van der Waals surface area contributed by atoms with Crippen LogP contribution >= 0.6 is 0 Å². The maximum atomic E-state index is 11.9. The molecule has 0 radical (unpaired) electrons. The molecule has 0 saturated heterocycles. The van der Waals surface area contributed by atoms with E-state index in [1.807, 2.05) is 0 Å². The molecule has 0 amide bonds. The molecule has 2 aromatic rings. The van der Waals surface area contributed by atoms with E-state index in [1.165, 1.54) is 30.5 Å². The molecule has 17 heavy (non-hydrogen) atoms. The summed E-state index contributed by atoms with van der Waals surface area (Å²) in [5.41, 5.74) is 0.543. The van der Waals surface area contributed by atoms with Gasteiger partial charge in [-0.1, -0.05) is 12.1 Å². The van der Waals surface area contributed by atoms with Crippen molar-refractivity contribution in [1.29, 1.82) is 0 Å². The summed E-state index contributed by atoms with van der Waals surface area (Å²) in [4.78, 5) is 0. The first kappa shape index (κ1) is 11.6. The average Bonchev–Trinajstić information content (AvgIpc) is 2.82. The fraction of sp³-hybridized carbons (Fsp3) is 0.167. The van der Waals surface area contributed by atoms with Crippen molar-refractivity contribution in [3.8, 4) is 5.75 Å². The van der Waals surface area contributed by atoms with Crippen LogP contribution in [-0.4, -0.2) is 11.7 Å². The first-order valence-electron chi connectivity index (χ1n) is 4.93. The van der Waals surface area contributed by atoms with Crippen molar-refractivity contribution in [2.45, 2.75) is 12.7 Å². The Bertz CT molecular complexity index is 451. The first-order valence-corrected chi connectivity index (χ1v) is 4.93. The molecule has 90 valence electrons. The Morgan fingerprint density at radius 1 is 1.12 bits per heavy atom. The Morgan fingerprint density at radius 2 is 1.82 bits per heavy atom. The van der Waals surface area contributed by atoms with Crippen LogP contribution < -0.4 is 4.74 Å². The summed E-state index contributed by atoms with van der Waals surface area (Å²) in [6.45, 7) is -2.85. The predicted octanol–water partition coefficient (Wildman–Crippen LogP) is 2.96. The molecule has 3 nitrogen and oxygen atoms in total. The topological polar surface area (TPSA) is 42.6 Å². The monoisotopic (exact) mass is 240 g/mol. The fourth-order valence-electron chi connectivity index (χ4n) is 1.44. The second-order valence-electron chi connectivity index (χ2n) is 3.37. The lowest BCUT2D eigenvalue weighted by Gasteiger charge is -2.09. The summed E-state index contributed by atoms with van der Waals surface area (Å²) in [7, 11) is 0. The van der Waals surface area contributed by atoms with Crippen LogP contribution in [0.25, 0.3) is 0 Å². The second-order valence-corrected chi connectivity index (χ2v) is 3.37. The fourth-order valence-corrected chi connectivity index (χ4v) is 1.44. The number of benzene rings is 1. The number of aliphatic hydroxyl groups is 1. The molecule has 0 bridgehead atoms. The number of halogens is 2. The molecule has 1 aromatic heterocycles. The summed E-state index contributed by atoms with van der Waals surface area (Å²) in [6, 6.07) is 9.04. The van der Waals surface area contributed by atoms with Gasteiger partial charge < -0.3 is 14.3 Å². The lowest BCUT2D eigenvalue weighted by atomic mass is 10.1. The molecule has 5 heteroatoms. The number of hydrogen-bond acceptors (Lipinski definition) is 3. The number of ether oxygens (including phenoxy) is 1. The van der Waals surface area contributed by atoms with E-state index in [1.54, 1.807) is 12.1 Å². The zero-order chi connectivity index (χ0) is 12.3. The average molecular weight is 240 g/mol. The molecule has 1 unspecified atom stereocenters. The van der Waals surface area contributed by atoms with Crippen molar-refractivity contribution in [1.82, 2.24) is 0 Å². The molecule has 0 aliphatic rings. The maximum absolute atomic E-state index is 11.9. The van der Waals surface area contributed by atoms with Crippen LogP contribution in [0, 0.1) is 0 Å². The van der Waals surface area contributed by atoms with Gasteiger partial charge in [-0.15, -0.1) is 0 Å². The van der Waals surface area contributed by atoms with Gasteiger partial charge in [-0.05, 0) is 29.8 Å². The van der Waals surface area contributed by atoms with Crippen molar-refractivity contribution in [2.75, 3.05) is 0 Å². The van der Waals surface area contributed by atoms with E-state index >= 15 is 0 Å². The number of rotatable bonds is 4. The Balaban J connectivity index is 2.12. The van der Waals surface area contributed by atoms with Crippen molar-refractivity contribution in [2.24, 2.45) is 0 Å². The van der Waals surface area contributed by atoms with E-state index < -0.39 is 12.7 Å². The number of aliphatic hydroxyl groups excluding tert-OH is 1. The van der Waals surface area contributed by atoms with E-state index in [-0.39, 0.29) is 5.75 Å². The van der Waals surface area contributed by atoms with Gasteiger partial charge in [0.15, 0.2) is 0 Å². The number of furan rings is 1. The third-order valence-electron chi connectivity index (χ3n) is 2.23. The molecule has 0 spiro atoms. The van der Waals surface area contributed by atoms with E-state index in [9.17, 15) is 13.9 Å². The van der Waals surface area contributed by atoms with Crippen LogP contribution in [-0.2, 0) is 0 Å². The summed E-state index contributed by atoms with van der Waals surface area (Å²) in [6.07, 6.45) is 0.540. The normalized spacial score (nSPS) is 12.7. The van der Waals surface area contributed by atoms with Gasteiger partial charge in [0.1, 0.15) is 17.6 Å². The quantitative estimate of drug-likeness (QED) is 0.893. The van der Waals surface area contributed by atoms with Gasteiger partial charge in [0, 0.05) is 0 Å². The summed E-state index contributed by atoms with van der Waals surface area (Å²) in [5, 5.41) is 9.87. The Kier molecular flexibility index (Phi) is 3.39. The van der Waals surface area contributed by atoms with Gasteiger partial charge in [-0.25, -0.2) is 0 Å². The summed E-state index contributed by atoms with van der Waals surface area (Å²) < 4.78 is 33.1. The van der Waals surface area contributed by atoms with Gasteiger partial charge >= 0.3 is 6.61 Å². The number of alkyl halides is 2. The van der Waals surface area contributed by atoms with Gasteiger partial charge in [-0.3, -0.25) is 0 Å². The molecule has 0 aliphatic heterocycles. The van der Waals surface area contributed by atoms with E-state index in [0.29, 0.717) is 11.3 Å². The van der Waals surface area contributed by atoms with Crippen molar-refractivity contribution in [3.63, 3.8) is 0 Å². The van der Waals surface area contributed by atoms with Crippen molar-refractivity contribution < 1.29 is 23.0 Å². The molecule has 2 rings (SSSR count). The van der Waals surface area contributed by atoms with Crippen LogP contribution in [0.5, 0.6) is 5.75 Å². The minimum Gasteiger partial charge on any atom is -0.466 e. The van der Waals surface area contributed by atoms with E-state index in [0.717, 1.165) is 0 Å². The van der Waals surface area contributed by atoms with Crippen LogP contribution in [0.4, 0.5) is 8.78 Å². The van der Waals surface area contributed by atoms with Crippen molar-refractivity contribution >= 4 is 0 Å². The molecule has 1 aromatic carbocycles. The standard InChI is InChI=1S/C12H10F2O3/c13-12(14)17-9-5-3-8(4-6-9)11(15)10-2-1-7-16-10/h1-7,11-12,15H. The molecule has 0 aliphatic carbocycles. The minimum atomic E-state index is -2.85. The van der Waals surface area contributed by atoms with Crippen molar-refractivity contribution in [3.05, 3.63) is 54.0 Å². The molecule has 1 atom stereocenters. The Morgan fingerprint density at radius 3 is 2.35 bits per heavy atom. The lowest BCUT2D eigenvalue weighted by Crippen LogP contribution is -2.02. The zero-order valence-corrected chi connectivity index (χ0v) is 8.72. The Hall–Kier alpha value is -1.88.